The lowest BCUT2D eigenvalue weighted by Gasteiger charge is -2.22. The van der Waals surface area contributed by atoms with Crippen molar-refractivity contribution in [3.05, 3.63) is 84.1 Å². The smallest absolute Gasteiger partial charge is 0.223 e. The van der Waals surface area contributed by atoms with Gasteiger partial charge in [-0.2, -0.15) is 0 Å². The summed E-state index contributed by atoms with van der Waals surface area (Å²) in [6.45, 7) is 3.77. The molecule has 0 atom stereocenters. The number of amides is 1. The lowest BCUT2D eigenvalue weighted by molar-refractivity contribution is -0.132. The molecule has 2 heterocycles. The Morgan fingerprint density at radius 2 is 1.88 bits per heavy atom. The first kappa shape index (κ1) is 16.1. The third-order valence-corrected chi connectivity index (χ3v) is 4.05. The van der Waals surface area contributed by atoms with E-state index < -0.39 is 0 Å². The van der Waals surface area contributed by atoms with Crippen LogP contribution in [0, 0.1) is 0 Å². The summed E-state index contributed by atoms with van der Waals surface area (Å²) in [7, 11) is 0. The average Bonchev–Trinajstić information content (AvgIpc) is 3.27. The molecule has 3 aromatic rings. The van der Waals surface area contributed by atoms with Crippen molar-refractivity contribution in [2.45, 2.75) is 33.0 Å². The van der Waals surface area contributed by atoms with Gasteiger partial charge in [-0.3, -0.25) is 4.79 Å². The van der Waals surface area contributed by atoms with Gasteiger partial charge >= 0.3 is 0 Å². The quantitative estimate of drug-likeness (QED) is 0.658. The van der Waals surface area contributed by atoms with Crippen LogP contribution in [0.3, 0.4) is 0 Å². The summed E-state index contributed by atoms with van der Waals surface area (Å²) in [6, 6.07) is 18.2. The van der Waals surface area contributed by atoms with Crippen LogP contribution in [0.4, 0.5) is 0 Å². The molecule has 0 saturated carbocycles. The molecule has 0 radical (unpaired) electrons. The van der Waals surface area contributed by atoms with Gasteiger partial charge in [0.25, 0.3) is 0 Å². The van der Waals surface area contributed by atoms with Gasteiger partial charge in [-0.05, 0) is 29.8 Å². The Bertz CT molecular complexity index is 760. The molecule has 0 spiro atoms. The van der Waals surface area contributed by atoms with Crippen LogP contribution < -0.4 is 0 Å². The highest BCUT2D eigenvalue weighted by Crippen LogP contribution is 2.14. The molecule has 124 valence electrons. The zero-order valence-corrected chi connectivity index (χ0v) is 13.9. The van der Waals surface area contributed by atoms with Gasteiger partial charge in [0, 0.05) is 24.9 Å². The average molecular weight is 322 g/mol. The molecule has 1 amide bonds. The Labute approximate surface area is 142 Å². The van der Waals surface area contributed by atoms with Crippen LogP contribution in [0.2, 0.25) is 0 Å². The van der Waals surface area contributed by atoms with E-state index in [1.807, 2.05) is 48.2 Å². The van der Waals surface area contributed by atoms with Crippen molar-refractivity contribution in [2.75, 3.05) is 0 Å². The third kappa shape index (κ3) is 3.96. The van der Waals surface area contributed by atoms with Crippen LogP contribution in [0.5, 0.6) is 0 Å². The number of carbonyl (C=O) groups is 1. The number of carbonyl (C=O) groups excluding carboxylic acids is 1. The number of furan rings is 1. The minimum atomic E-state index is 0.124. The van der Waals surface area contributed by atoms with E-state index in [1.165, 1.54) is 5.56 Å². The van der Waals surface area contributed by atoms with Crippen LogP contribution in [0.25, 0.3) is 0 Å². The summed E-state index contributed by atoms with van der Waals surface area (Å²) < 4.78 is 7.59. The summed E-state index contributed by atoms with van der Waals surface area (Å²) >= 11 is 0. The summed E-state index contributed by atoms with van der Waals surface area (Å²) in [5.41, 5.74) is 2.36. The van der Waals surface area contributed by atoms with Gasteiger partial charge in [0.05, 0.1) is 19.4 Å². The van der Waals surface area contributed by atoms with Gasteiger partial charge in [-0.15, -0.1) is 0 Å². The van der Waals surface area contributed by atoms with Gasteiger partial charge in [0.1, 0.15) is 5.76 Å². The van der Waals surface area contributed by atoms with Crippen molar-refractivity contribution in [1.29, 1.82) is 0 Å². The molecule has 2 aromatic heterocycles. The lowest BCUT2D eigenvalue weighted by atomic mass is 10.2. The first-order valence-corrected chi connectivity index (χ1v) is 8.24. The summed E-state index contributed by atoms with van der Waals surface area (Å²) in [6.07, 6.45) is 4.19. The molecule has 4 heteroatoms. The molecule has 0 bridgehead atoms. The maximum absolute atomic E-state index is 12.3. The van der Waals surface area contributed by atoms with E-state index in [-0.39, 0.29) is 5.91 Å². The van der Waals surface area contributed by atoms with Crippen molar-refractivity contribution >= 4 is 5.91 Å². The van der Waals surface area contributed by atoms with Gasteiger partial charge in [-0.1, -0.05) is 37.3 Å². The highest BCUT2D eigenvalue weighted by atomic mass is 16.3. The molecule has 24 heavy (non-hydrogen) atoms. The summed E-state index contributed by atoms with van der Waals surface area (Å²) in [5, 5.41) is 0. The third-order valence-electron chi connectivity index (χ3n) is 4.05. The largest absolute Gasteiger partial charge is 0.467 e. The summed E-state index contributed by atoms with van der Waals surface area (Å²) in [5.74, 6) is 0.928. The van der Waals surface area contributed by atoms with Gasteiger partial charge in [0.15, 0.2) is 0 Å². The second-order valence-corrected chi connectivity index (χ2v) is 5.80. The molecule has 4 nitrogen and oxygen atoms in total. The van der Waals surface area contributed by atoms with E-state index in [9.17, 15) is 4.79 Å². The van der Waals surface area contributed by atoms with Crippen molar-refractivity contribution in [2.24, 2.45) is 0 Å². The van der Waals surface area contributed by atoms with Crippen LogP contribution >= 0.6 is 0 Å². The lowest BCUT2D eigenvalue weighted by Crippen LogP contribution is -2.30. The molecule has 0 N–H and O–H groups in total. The van der Waals surface area contributed by atoms with Gasteiger partial charge < -0.3 is 13.9 Å². The molecular weight excluding hydrogens is 300 g/mol. The van der Waals surface area contributed by atoms with Gasteiger partial charge in [-0.25, -0.2) is 0 Å². The van der Waals surface area contributed by atoms with Crippen molar-refractivity contribution in [3.8, 4) is 0 Å². The predicted molar refractivity (Wildman–Crippen MR) is 93.2 cm³/mol. The number of benzene rings is 1. The maximum atomic E-state index is 12.3. The molecule has 1 aromatic carbocycles. The number of hydrogen-bond donors (Lipinski definition) is 0. The molecule has 0 saturated heterocycles. The minimum Gasteiger partial charge on any atom is -0.467 e. The van der Waals surface area contributed by atoms with E-state index >= 15 is 0 Å². The second kappa shape index (κ2) is 7.68. The molecule has 3 rings (SSSR count). The standard InChI is InChI=1S/C20H22N2O2/c1-2-20(23)22(16-19-11-7-13-24-19)15-18-10-6-12-21(18)14-17-8-4-3-5-9-17/h3-13H,2,14-16H2,1H3. The van der Waals surface area contributed by atoms with Crippen LogP contribution in [0.1, 0.15) is 30.4 Å². The Balaban J connectivity index is 1.75. The number of hydrogen-bond acceptors (Lipinski definition) is 2. The molecular formula is C20H22N2O2. The van der Waals surface area contributed by atoms with Crippen molar-refractivity contribution in [1.82, 2.24) is 9.47 Å². The first-order valence-electron chi connectivity index (χ1n) is 8.24. The fourth-order valence-corrected chi connectivity index (χ4v) is 2.77. The number of nitrogens with zero attached hydrogens (tertiary/aromatic N) is 2. The Morgan fingerprint density at radius 3 is 2.58 bits per heavy atom. The van der Waals surface area contributed by atoms with Crippen LogP contribution in [-0.2, 0) is 24.4 Å². The van der Waals surface area contributed by atoms with Crippen LogP contribution in [-0.4, -0.2) is 15.4 Å². The topological polar surface area (TPSA) is 38.4 Å². The van der Waals surface area contributed by atoms with Crippen molar-refractivity contribution < 1.29 is 9.21 Å². The monoisotopic (exact) mass is 322 g/mol. The minimum absolute atomic E-state index is 0.124. The molecule has 0 aliphatic rings. The fourth-order valence-electron chi connectivity index (χ4n) is 2.77. The molecule has 0 aliphatic carbocycles. The molecule has 0 unspecified atom stereocenters. The first-order chi connectivity index (χ1) is 11.8. The van der Waals surface area contributed by atoms with E-state index in [4.69, 9.17) is 4.42 Å². The Hall–Kier alpha value is -2.75. The number of aromatic nitrogens is 1. The fraction of sp³-hybridized carbons (Fsp3) is 0.250. The predicted octanol–water partition coefficient (Wildman–Crippen LogP) is 4.07. The van der Waals surface area contributed by atoms with E-state index in [1.54, 1.807) is 6.26 Å². The van der Waals surface area contributed by atoms with E-state index in [2.05, 4.69) is 29.0 Å². The SMILES string of the molecule is CCC(=O)N(Cc1ccco1)Cc1cccn1Cc1ccccc1. The normalized spacial score (nSPS) is 10.7. The Morgan fingerprint density at radius 1 is 1.04 bits per heavy atom. The zero-order valence-electron chi connectivity index (χ0n) is 13.9. The second-order valence-electron chi connectivity index (χ2n) is 5.80. The van der Waals surface area contributed by atoms with Crippen LogP contribution in [0.15, 0.2) is 71.5 Å². The highest BCUT2D eigenvalue weighted by molar-refractivity contribution is 5.75. The zero-order chi connectivity index (χ0) is 16.8. The van der Waals surface area contributed by atoms with E-state index in [0.717, 1.165) is 18.0 Å². The number of rotatable bonds is 7. The van der Waals surface area contributed by atoms with Gasteiger partial charge in [0.2, 0.25) is 5.91 Å². The van der Waals surface area contributed by atoms with Crippen molar-refractivity contribution in [3.63, 3.8) is 0 Å². The Kier molecular flexibility index (Phi) is 5.16. The summed E-state index contributed by atoms with van der Waals surface area (Å²) in [4.78, 5) is 14.2. The maximum Gasteiger partial charge on any atom is 0.223 e. The molecule has 0 aliphatic heterocycles. The highest BCUT2D eigenvalue weighted by Gasteiger charge is 2.16. The van der Waals surface area contributed by atoms with E-state index in [0.29, 0.717) is 19.5 Å². The molecule has 0 fully saturated rings.